The number of ether oxygens (including phenoxy) is 1. The highest BCUT2D eigenvalue weighted by molar-refractivity contribution is 5.81. The number of hydrogen-bond acceptors (Lipinski definition) is 4. The highest BCUT2D eigenvalue weighted by Gasteiger charge is 2.38. The highest BCUT2D eigenvalue weighted by atomic mass is 16.5. The minimum Gasteiger partial charge on any atom is -0.365 e. The van der Waals surface area contributed by atoms with Crippen LogP contribution in [0.3, 0.4) is 0 Å². The van der Waals surface area contributed by atoms with Gasteiger partial charge >= 0.3 is 0 Å². The molecule has 0 aromatic carbocycles. The molecule has 3 aliphatic rings. The van der Waals surface area contributed by atoms with Gasteiger partial charge in [0.25, 0.3) is 5.91 Å². The van der Waals surface area contributed by atoms with E-state index in [2.05, 4.69) is 35.7 Å². The molecular weight excluding hydrogens is 278 g/mol. The van der Waals surface area contributed by atoms with Gasteiger partial charge in [0.05, 0.1) is 6.10 Å². The van der Waals surface area contributed by atoms with Crippen LogP contribution in [0.1, 0.15) is 32.6 Å². The van der Waals surface area contributed by atoms with Gasteiger partial charge in [0.2, 0.25) is 0 Å². The van der Waals surface area contributed by atoms with Crippen LogP contribution >= 0.6 is 0 Å². The van der Waals surface area contributed by atoms with Crippen molar-refractivity contribution in [2.45, 2.75) is 50.9 Å². The molecule has 3 fully saturated rings. The van der Waals surface area contributed by atoms with E-state index in [-0.39, 0.29) is 18.1 Å². The van der Waals surface area contributed by atoms with Crippen molar-refractivity contribution in [1.29, 1.82) is 0 Å². The van der Waals surface area contributed by atoms with E-state index in [1.165, 1.54) is 0 Å². The Hall–Kier alpha value is -0.650. The number of hydrogen-bond donors (Lipinski definition) is 0. The van der Waals surface area contributed by atoms with Crippen molar-refractivity contribution in [2.24, 2.45) is 5.92 Å². The van der Waals surface area contributed by atoms with Crippen molar-refractivity contribution in [2.75, 3.05) is 46.8 Å². The molecule has 5 nitrogen and oxygen atoms in total. The maximum atomic E-state index is 13.0. The second-order valence-corrected chi connectivity index (χ2v) is 7.62. The van der Waals surface area contributed by atoms with Gasteiger partial charge < -0.3 is 19.4 Å². The predicted octanol–water partition coefficient (Wildman–Crippen LogP) is 1.04. The van der Waals surface area contributed by atoms with Gasteiger partial charge in [-0.3, -0.25) is 4.79 Å². The van der Waals surface area contributed by atoms with Crippen molar-refractivity contribution < 1.29 is 9.53 Å². The SMILES string of the molecule is C[C@H]1CC[C@@H](C(=O)N(CC2CN(C)C2)C2CCN(C)CC2)O1. The summed E-state index contributed by atoms with van der Waals surface area (Å²) in [7, 11) is 4.32. The number of amides is 1. The molecule has 3 aliphatic heterocycles. The topological polar surface area (TPSA) is 36.0 Å². The molecule has 0 spiro atoms. The average molecular weight is 309 g/mol. The van der Waals surface area contributed by atoms with Crippen molar-refractivity contribution in [3.63, 3.8) is 0 Å². The minimum atomic E-state index is -0.188. The summed E-state index contributed by atoms with van der Waals surface area (Å²) in [6, 6.07) is 0.411. The van der Waals surface area contributed by atoms with Crippen LogP contribution in [-0.2, 0) is 9.53 Å². The molecule has 0 saturated carbocycles. The van der Waals surface area contributed by atoms with Crippen LogP contribution in [0.25, 0.3) is 0 Å². The smallest absolute Gasteiger partial charge is 0.251 e. The number of carbonyl (C=O) groups excluding carboxylic acids is 1. The van der Waals surface area contributed by atoms with Crippen LogP contribution in [0.4, 0.5) is 0 Å². The first-order valence-corrected chi connectivity index (χ1v) is 8.86. The Balaban J connectivity index is 1.63. The van der Waals surface area contributed by atoms with Crippen LogP contribution in [0.2, 0.25) is 0 Å². The molecule has 22 heavy (non-hydrogen) atoms. The Morgan fingerprint density at radius 3 is 2.32 bits per heavy atom. The van der Waals surface area contributed by atoms with Gasteiger partial charge in [0.15, 0.2) is 0 Å². The van der Waals surface area contributed by atoms with E-state index in [1.807, 2.05) is 0 Å². The second kappa shape index (κ2) is 6.85. The maximum absolute atomic E-state index is 13.0. The summed E-state index contributed by atoms with van der Waals surface area (Å²) in [5, 5.41) is 0. The molecular formula is C17H31N3O2. The lowest BCUT2D eigenvalue weighted by atomic mass is 9.96. The molecule has 126 valence electrons. The first kappa shape index (κ1) is 16.2. The van der Waals surface area contributed by atoms with Crippen molar-refractivity contribution in [1.82, 2.24) is 14.7 Å². The van der Waals surface area contributed by atoms with Gasteiger partial charge in [-0.2, -0.15) is 0 Å². The van der Waals surface area contributed by atoms with Crippen molar-refractivity contribution in [3.8, 4) is 0 Å². The summed E-state index contributed by atoms with van der Waals surface area (Å²) in [6.07, 6.45) is 4.17. The van der Waals surface area contributed by atoms with Crippen molar-refractivity contribution in [3.05, 3.63) is 0 Å². The second-order valence-electron chi connectivity index (χ2n) is 7.62. The van der Waals surface area contributed by atoms with E-state index in [9.17, 15) is 4.79 Å². The first-order chi connectivity index (χ1) is 10.5. The molecule has 0 aliphatic carbocycles. The van der Waals surface area contributed by atoms with E-state index in [0.717, 1.165) is 58.4 Å². The van der Waals surface area contributed by atoms with Crippen molar-refractivity contribution >= 4 is 5.91 Å². The lowest BCUT2D eigenvalue weighted by Crippen LogP contribution is -2.56. The summed E-state index contributed by atoms with van der Waals surface area (Å²) in [5.41, 5.74) is 0. The Morgan fingerprint density at radius 1 is 1.09 bits per heavy atom. The quantitative estimate of drug-likeness (QED) is 0.777. The molecule has 3 heterocycles. The zero-order valence-corrected chi connectivity index (χ0v) is 14.3. The van der Waals surface area contributed by atoms with Crippen LogP contribution in [0.15, 0.2) is 0 Å². The standard InChI is InChI=1S/C17H31N3O2/c1-13-4-5-16(22-13)17(21)20(12-14-10-19(3)11-14)15-6-8-18(2)9-7-15/h13-16H,4-12H2,1-3H3/t13-,16-/m0/s1. The van der Waals surface area contributed by atoms with Gasteiger partial charge in [0, 0.05) is 31.6 Å². The number of carbonyl (C=O) groups is 1. The molecule has 3 saturated heterocycles. The fourth-order valence-corrected chi connectivity index (χ4v) is 4.12. The first-order valence-electron chi connectivity index (χ1n) is 8.86. The monoisotopic (exact) mass is 309 g/mol. The van der Waals surface area contributed by atoms with Crippen LogP contribution in [0, 0.1) is 5.92 Å². The molecule has 0 radical (unpaired) electrons. The third kappa shape index (κ3) is 3.63. The van der Waals surface area contributed by atoms with E-state index in [0.29, 0.717) is 12.0 Å². The largest absolute Gasteiger partial charge is 0.365 e. The molecule has 0 bridgehead atoms. The van der Waals surface area contributed by atoms with E-state index >= 15 is 0 Å². The number of rotatable bonds is 4. The van der Waals surface area contributed by atoms with Gasteiger partial charge in [-0.25, -0.2) is 0 Å². The fraction of sp³-hybridized carbons (Fsp3) is 0.941. The molecule has 3 rings (SSSR count). The third-order valence-corrected chi connectivity index (χ3v) is 5.51. The summed E-state index contributed by atoms with van der Waals surface area (Å²) in [5.74, 6) is 0.904. The lowest BCUT2D eigenvalue weighted by Gasteiger charge is -2.44. The number of likely N-dealkylation sites (tertiary alicyclic amines) is 2. The Morgan fingerprint density at radius 2 is 1.77 bits per heavy atom. The zero-order chi connectivity index (χ0) is 15.7. The Kier molecular flexibility index (Phi) is 5.05. The zero-order valence-electron chi connectivity index (χ0n) is 14.3. The summed E-state index contributed by atoms with van der Waals surface area (Å²) >= 11 is 0. The maximum Gasteiger partial charge on any atom is 0.251 e. The predicted molar refractivity (Wildman–Crippen MR) is 86.8 cm³/mol. The van der Waals surface area contributed by atoms with E-state index < -0.39 is 0 Å². The van der Waals surface area contributed by atoms with Gasteiger partial charge in [-0.05, 0) is 59.8 Å². The third-order valence-electron chi connectivity index (χ3n) is 5.51. The fourth-order valence-electron chi connectivity index (χ4n) is 4.12. The van der Waals surface area contributed by atoms with Crippen LogP contribution in [0.5, 0.6) is 0 Å². The summed E-state index contributed by atoms with van der Waals surface area (Å²) in [6.45, 7) is 7.44. The normalized spacial score (nSPS) is 32.1. The number of piperidine rings is 1. The molecule has 0 N–H and O–H groups in total. The lowest BCUT2D eigenvalue weighted by molar-refractivity contribution is -0.147. The highest BCUT2D eigenvalue weighted by Crippen LogP contribution is 2.26. The van der Waals surface area contributed by atoms with Crippen LogP contribution in [-0.4, -0.2) is 85.7 Å². The summed E-state index contributed by atoms with van der Waals surface area (Å²) in [4.78, 5) is 19.9. The van der Waals surface area contributed by atoms with Gasteiger partial charge in [-0.1, -0.05) is 0 Å². The van der Waals surface area contributed by atoms with Gasteiger partial charge in [0.1, 0.15) is 6.10 Å². The molecule has 0 unspecified atom stereocenters. The van der Waals surface area contributed by atoms with Gasteiger partial charge in [-0.15, -0.1) is 0 Å². The molecule has 0 aromatic heterocycles. The molecule has 0 aromatic rings. The Bertz CT molecular complexity index is 389. The minimum absolute atomic E-state index is 0.188. The molecule has 5 heteroatoms. The van der Waals surface area contributed by atoms with E-state index in [1.54, 1.807) is 0 Å². The molecule has 1 amide bonds. The average Bonchev–Trinajstić information content (AvgIpc) is 2.89. The van der Waals surface area contributed by atoms with Crippen LogP contribution < -0.4 is 0 Å². The summed E-state index contributed by atoms with van der Waals surface area (Å²) < 4.78 is 5.86. The number of nitrogens with zero attached hydrogens (tertiary/aromatic N) is 3. The Labute approximate surface area is 134 Å². The van der Waals surface area contributed by atoms with E-state index in [4.69, 9.17) is 4.74 Å². The molecule has 2 atom stereocenters.